The minimum Gasteiger partial charge on any atom is -0.363 e. The van der Waals surface area contributed by atoms with Crippen LogP contribution in [0.3, 0.4) is 0 Å². The maximum atomic E-state index is 4.37. The molecule has 4 nitrogen and oxygen atoms in total. The van der Waals surface area contributed by atoms with E-state index in [0.29, 0.717) is 0 Å². The van der Waals surface area contributed by atoms with Crippen LogP contribution in [0.1, 0.15) is 13.3 Å². The quantitative estimate of drug-likeness (QED) is 0.823. The number of para-hydroxylation sites is 1. The van der Waals surface area contributed by atoms with Crippen molar-refractivity contribution in [2.45, 2.75) is 18.9 Å². The Morgan fingerprint density at radius 1 is 1.29 bits per heavy atom. The van der Waals surface area contributed by atoms with E-state index < -0.39 is 0 Å². The van der Waals surface area contributed by atoms with Crippen LogP contribution in [0.4, 0.5) is 5.82 Å². The van der Waals surface area contributed by atoms with Gasteiger partial charge in [-0.05, 0) is 32.0 Å². The largest absolute Gasteiger partial charge is 0.363 e. The summed E-state index contributed by atoms with van der Waals surface area (Å²) in [7, 11) is 0. The van der Waals surface area contributed by atoms with Gasteiger partial charge >= 0.3 is 0 Å². The van der Waals surface area contributed by atoms with Gasteiger partial charge in [0.05, 0.1) is 5.52 Å². The fraction of sp³-hybridized carbons (Fsp3) is 0.385. The van der Waals surface area contributed by atoms with Crippen molar-refractivity contribution in [3.05, 3.63) is 30.6 Å². The molecule has 0 amide bonds. The first-order valence-corrected chi connectivity index (χ1v) is 5.96. The molecule has 2 aromatic rings. The molecule has 0 radical (unpaired) electrons. The highest BCUT2D eigenvalue weighted by atomic mass is 15.1. The smallest absolute Gasteiger partial charge is 0.137 e. The van der Waals surface area contributed by atoms with Crippen molar-refractivity contribution in [2.75, 3.05) is 18.4 Å². The van der Waals surface area contributed by atoms with Crippen molar-refractivity contribution in [3.63, 3.8) is 0 Å². The predicted octanol–water partition coefficient (Wildman–Crippen LogP) is 1.79. The second kappa shape index (κ2) is 3.96. The van der Waals surface area contributed by atoms with Crippen molar-refractivity contribution in [1.82, 2.24) is 15.3 Å². The first kappa shape index (κ1) is 10.5. The lowest BCUT2D eigenvalue weighted by Crippen LogP contribution is -2.37. The lowest BCUT2D eigenvalue weighted by Gasteiger charge is -2.25. The number of nitrogens with one attached hydrogen (secondary N) is 2. The Morgan fingerprint density at radius 2 is 2.18 bits per heavy atom. The number of anilines is 1. The van der Waals surface area contributed by atoms with Crippen LogP contribution in [-0.2, 0) is 0 Å². The van der Waals surface area contributed by atoms with E-state index in [-0.39, 0.29) is 5.54 Å². The summed E-state index contributed by atoms with van der Waals surface area (Å²) in [6.07, 6.45) is 2.74. The molecule has 4 heteroatoms. The zero-order valence-electron chi connectivity index (χ0n) is 9.90. The monoisotopic (exact) mass is 228 g/mol. The average molecular weight is 228 g/mol. The van der Waals surface area contributed by atoms with E-state index in [1.165, 1.54) is 0 Å². The van der Waals surface area contributed by atoms with Gasteiger partial charge in [0.15, 0.2) is 0 Å². The van der Waals surface area contributed by atoms with Crippen molar-refractivity contribution in [2.24, 2.45) is 0 Å². The first-order chi connectivity index (χ1) is 8.27. The molecule has 1 atom stereocenters. The molecule has 2 heterocycles. The number of benzene rings is 1. The highest BCUT2D eigenvalue weighted by molar-refractivity contribution is 5.88. The number of hydrogen-bond acceptors (Lipinski definition) is 4. The predicted molar refractivity (Wildman–Crippen MR) is 69.1 cm³/mol. The molecular formula is C13H16N4. The molecular weight excluding hydrogens is 212 g/mol. The Kier molecular flexibility index (Phi) is 2.44. The lowest BCUT2D eigenvalue weighted by atomic mass is 10.0. The van der Waals surface area contributed by atoms with E-state index in [1.54, 1.807) is 6.33 Å². The molecule has 3 rings (SSSR count). The van der Waals surface area contributed by atoms with Gasteiger partial charge in [0, 0.05) is 17.5 Å². The fourth-order valence-corrected chi connectivity index (χ4v) is 2.31. The summed E-state index contributed by atoms with van der Waals surface area (Å²) in [5, 5.41) is 8.01. The minimum atomic E-state index is 0.0944. The topological polar surface area (TPSA) is 49.8 Å². The molecule has 1 fully saturated rings. The second-order valence-electron chi connectivity index (χ2n) is 4.85. The van der Waals surface area contributed by atoms with Crippen molar-refractivity contribution in [1.29, 1.82) is 0 Å². The normalized spacial score (nSPS) is 24.1. The number of aromatic nitrogens is 2. The third-order valence-corrected chi connectivity index (χ3v) is 3.33. The van der Waals surface area contributed by atoms with Crippen LogP contribution in [0.2, 0.25) is 0 Å². The first-order valence-electron chi connectivity index (χ1n) is 5.96. The molecule has 1 unspecified atom stereocenters. The molecule has 88 valence electrons. The lowest BCUT2D eigenvalue weighted by molar-refractivity contribution is 0.565. The van der Waals surface area contributed by atoms with Gasteiger partial charge in [0.1, 0.15) is 12.1 Å². The highest BCUT2D eigenvalue weighted by Gasteiger charge is 2.28. The molecule has 1 aromatic heterocycles. The standard InChI is InChI=1S/C13H16N4/c1-13(6-7-14-8-13)17-12-10-4-2-3-5-11(10)15-9-16-12/h2-5,9,14H,6-8H2,1H3,(H,15,16,17). The van der Waals surface area contributed by atoms with Gasteiger partial charge in [-0.25, -0.2) is 9.97 Å². The third-order valence-electron chi connectivity index (χ3n) is 3.33. The van der Waals surface area contributed by atoms with Gasteiger partial charge in [-0.3, -0.25) is 0 Å². The van der Waals surface area contributed by atoms with Gasteiger partial charge in [0.2, 0.25) is 0 Å². The molecule has 1 aliphatic rings. The van der Waals surface area contributed by atoms with Crippen LogP contribution >= 0.6 is 0 Å². The summed E-state index contributed by atoms with van der Waals surface area (Å²) >= 11 is 0. The Bertz CT molecular complexity index is 526. The summed E-state index contributed by atoms with van der Waals surface area (Å²) in [4.78, 5) is 8.64. The minimum absolute atomic E-state index is 0.0944. The number of nitrogens with zero attached hydrogens (tertiary/aromatic N) is 2. The maximum absolute atomic E-state index is 4.37. The molecule has 0 spiro atoms. The molecule has 0 saturated carbocycles. The van der Waals surface area contributed by atoms with E-state index >= 15 is 0 Å². The van der Waals surface area contributed by atoms with Crippen LogP contribution in [-0.4, -0.2) is 28.6 Å². The Hall–Kier alpha value is -1.68. The average Bonchev–Trinajstić information content (AvgIpc) is 2.76. The van der Waals surface area contributed by atoms with E-state index in [9.17, 15) is 0 Å². The van der Waals surface area contributed by atoms with Crippen LogP contribution in [0.15, 0.2) is 30.6 Å². The summed E-state index contributed by atoms with van der Waals surface area (Å²) in [5.41, 5.74) is 1.08. The zero-order chi connectivity index (χ0) is 11.7. The van der Waals surface area contributed by atoms with E-state index in [2.05, 4.69) is 33.6 Å². The van der Waals surface area contributed by atoms with Crippen LogP contribution in [0.25, 0.3) is 10.9 Å². The zero-order valence-corrected chi connectivity index (χ0v) is 9.90. The number of rotatable bonds is 2. The molecule has 17 heavy (non-hydrogen) atoms. The van der Waals surface area contributed by atoms with E-state index in [1.807, 2.05) is 18.2 Å². The molecule has 0 aliphatic carbocycles. The third kappa shape index (κ3) is 1.96. The van der Waals surface area contributed by atoms with Crippen molar-refractivity contribution in [3.8, 4) is 0 Å². The maximum Gasteiger partial charge on any atom is 0.137 e. The Balaban J connectivity index is 2.00. The van der Waals surface area contributed by atoms with Crippen molar-refractivity contribution >= 4 is 16.7 Å². The van der Waals surface area contributed by atoms with Gasteiger partial charge < -0.3 is 10.6 Å². The second-order valence-corrected chi connectivity index (χ2v) is 4.85. The van der Waals surface area contributed by atoms with Gasteiger partial charge in [-0.15, -0.1) is 0 Å². The van der Waals surface area contributed by atoms with Crippen LogP contribution in [0, 0.1) is 0 Å². The van der Waals surface area contributed by atoms with E-state index in [0.717, 1.165) is 36.2 Å². The summed E-state index contributed by atoms with van der Waals surface area (Å²) < 4.78 is 0. The molecule has 0 bridgehead atoms. The Labute approximate surface area is 100 Å². The van der Waals surface area contributed by atoms with E-state index in [4.69, 9.17) is 0 Å². The summed E-state index contributed by atoms with van der Waals surface area (Å²) in [5.74, 6) is 0.932. The van der Waals surface area contributed by atoms with Crippen LogP contribution in [0.5, 0.6) is 0 Å². The van der Waals surface area contributed by atoms with Gasteiger partial charge in [-0.1, -0.05) is 12.1 Å². The molecule has 1 saturated heterocycles. The SMILES string of the molecule is CC1(Nc2ncnc3ccccc23)CCNC1. The molecule has 1 aliphatic heterocycles. The summed E-state index contributed by atoms with van der Waals surface area (Å²) in [6, 6.07) is 8.09. The van der Waals surface area contributed by atoms with Crippen LogP contribution < -0.4 is 10.6 Å². The summed E-state index contributed by atoms with van der Waals surface area (Å²) in [6.45, 7) is 4.27. The highest BCUT2D eigenvalue weighted by Crippen LogP contribution is 2.24. The van der Waals surface area contributed by atoms with Crippen molar-refractivity contribution < 1.29 is 0 Å². The van der Waals surface area contributed by atoms with Gasteiger partial charge in [0.25, 0.3) is 0 Å². The number of hydrogen-bond donors (Lipinski definition) is 2. The fourth-order valence-electron chi connectivity index (χ4n) is 2.31. The van der Waals surface area contributed by atoms with Gasteiger partial charge in [-0.2, -0.15) is 0 Å². The molecule has 2 N–H and O–H groups in total. The Morgan fingerprint density at radius 3 is 3.00 bits per heavy atom. The number of fused-ring (bicyclic) bond motifs is 1. The molecule has 1 aromatic carbocycles.